The number of aliphatic carboxylic acids is 1. The van der Waals surface area contributed by atoms with Gasteiger partial charge in [-0.2, -0.15) is 0 Å². The third-order valence-electron chi connectivity index (χ3n) is 3.91. The van der Waals surface area contributed by atoms with E-state index >= 15 is 0 Å². The van der Waals surface area contributed by atoms with Gasteiger partial charge in [-0.05, 0) is 19.3 Å². The smallest absolute Gasteiger partial charge is 0.326 e. The van der Waals surface area contributed by atoms with Gasteiger partial charge in [-0.1, -0.05) is 6.42 Å². The van der Waals surface area contributed by atoms with Crippen molar-refractivity contribution < 1.29 is 19.8 Å². The Kier molecular flexibility index (Phi) is 3.87. The van der Waals surface area contributed by atoms with Gasteiger partial charge in [0.15, 0.2) is 0 Å². The molecule has 2 fully saturated rings. The molecule has 0 aromatic carbocycles. The van der Waals surface area contributed by atoms with Crippen LogP contribution in [0.5, 0.6) is 0 Å². The molecule has 0 spiro atoms. The molecule has 6 nitrogen and oxygen atoms in total. The minimum atomic E-state index is -1.04. The molecule has 1 aliphatic heterocycles. The summed E-state index contributed by atoms with van der Waals surface area (Å²) in [6.07, 6.45) is 2.62. The zero-order valence-corrected chi connectivity index (χ0v) is 10.3. The number of β-amino-alcohol motifs (C(OH)–C–C–N with tert-alkyl or cyclic N) is 1. The number of rotatable bonds is 2. The average Bonchev–Trinajstić information content (AvgIpc) is 2.70. The molecular weight excluding hydrogens is 236 g/mol. The fourth-order valence-electron chi connectivity index (χ4n) is 2.98. The molecule has 2 rings (SSSR count). The van der Waals surface area contributed by atoms with Gasteiger partial charge in [-0.15, -0.1) is 0 Å². The van der Waals surface area contributed by atoms with E-state index in [1.165, 1.54) is 4.90 Å². The highest BCUT2D eigenvalue weighted by Crippen LogP contribution is 2.28. The Balaban J connectivity index is 2.05. The second-order valence-corrected chi connectivity index (χ2v) is 5.36. The summed E-state index contributed by atoms with van der Waals surface area (Å²) in [6.45, 7) is 0.127. The average molecular weight is 256 g/mol. The first-order chi connectivity index (χ1) is 8.49. The van der Waals surface area contributed by atoms with Gasteiger partial charge in [-0.25, -0.2) is 4.79 Å². The molecule has 0 bridgehead atoms. The number of likely N-dealkylation sites (tertiary alicyclic amines) is 1. The SMILES string of the molecule is NC1CCCC(C(=O)N2C[C@H](O)C[C@@H]2C(=O)O)C1. The number of aliphatic hydroxyl groups excluding tert-OH is 1. The van der Waals surface area contributed by atoms with Crippen LogP contribution in [0.25, 0.3) is 0 Å². The van der Waals surface area contributed by atoms with E-state index in [2.05, 4.69) is 0 Å². The van der Waals surface area contributed by atoms with E-state index in [1.54, 1.807) is 0 Å². The lowest BCUT2D eigenvalue weighted by atomic mass is 9.85. The maximum atomic E-state index is 12.3. The Bertz CT molecular complexity index is 347. The molecule has 2 aliphatic rings. The first-order valence-corrected chi connectivity index (χ1v) is 6.46. The van der Waals surface area contributed by atoms with E-state index in [0.29, 0.717) is 6.42 Å². The first-order valence-electron chi connectivity index (χ1n) is 6.46. The highest BCUT2D eigenvalue weighted by Gasteiger charge is 2.41. The van der Waals surface area contributed by atoms with Crippen molar-refractivity contribution in [2.24, 2.45) is 11.7 Å². The van der Waals surface area contributed by atoms with Crippen molar-refractivity contribution in [2.75, 3.05) is 6.54 Å². The second-order valence-electron chi connectivity index (χ2n) is 5.36. The molecule has 102 valence electrons. The Labute approximate surface area is 106 Å². The van der Waals surface area contributed by atoms with E-state index in [-0.39, 0.29) is 30.8 Å². The largest absolute Gasteiger partial charge is 0.480 e. The Morgan fingerprint density at radius 2 is 1.94 bits per heavy atom. The zero-order valence-electron chi connectivity index (χ0n) is 10.3. The van der Waals surface area contributed by atoms with Gasteiger partial charge in [0, 0.05) is 24.9 Å². The molecule has 1 saturated heterocycles. The Morgan fingerprint density at radius 1 is 1.22 bits per heavy atom. The first kappa shape index (κ1) is 13.3. The van der Waals surface area contributed by atoms with Crippen LogP contribution in [0.4, 0.5) is 0 Å². The summed E-state index contributed by atoms with van der Waals surface area (Å²) in [6, 6.07) is -0.853. The molecule has 4 N–H and O–H groups in total. The number of nitrogens with zero attached hydrogens (tertiary/aromatic N) is 1. The summed E-state index contributed by atoms with van der Waals surface area (Å²) in [7, 11) is 0. The Morgan fingerprint density at radius 3 is 2.56 bits per heavy atom. The Hall–Kier alpha value is -1.14. The highest BCUT2D eigenvalue weighted by molar-refractivity contribution is 5.86. The summed E-state index contributed by atoms with van der Waals surface area (Å²) >= 11 is 0. The molecular formula is C12H20N2O4. The van der Waals surface area contributed by atoms with Crippen molar-refractivity contribution in [3.8, 4) is 0 Å². The van der Waals surface area contributed by atoms with E-state index in [0.717, 1.165) is 19.3 Å². The fraction of sp³-hybridized carbons (Fsp3) is 0.833. The van der Waals surface area contributed by atoms with Gasteiger partial charge >= 0.3 is 5.97 Å². The van der Waals surface area contributed by atoms with Crippen molar-refractivity contribution >= 4 is 11.9 Å². The quantitative estimate of drug-likeness (QED) is 0.621. The molecule has 18 heavy (non-hydrogen) atoms. The number of nitrogens with two attached hydrogens (primary N) is 1. The molecule has 4 atom stereocenters. The summed E-state index contributed by atoms with van der Waals surface area (Å²) in [5.41, 5.74) is 5.85. The molecule has 6 heteroatoms. The van der Waals surface area contributed by atoms with Crippen molar-refractivity contribution in [1.82, 2.24) is 4.90 Å². The van der Waals surface area contributed by atoms with Crippen LogP contribution in [0, 0.1) is 5.92 Å². The third kappa shape index (κ3) is 2.64. The maximum absolute atomic E-state index is 12.3. The van der Waals surface area contributed by atoms with Crippen LogP contribution in [0.15, 0.2) is 0 Å². The maximum Gasteiger partial charge on any atom is 0.326 e. The number of carboxylic acid groups (broad SMARTS) is 1. The standard InChI is InChI=1S/C12H20N2O4/c13-8-3-1-2-7(4-8)11(16)14-6-9(15)5-10(14)12(17)18/h7-10,15H,1-6,13H2,(H,17,18)/t7?,8?,9-,10-/m1/s1. The molecule has 0 aromatic rings. The van der Waals surface area contributed by atoms with E-state index in [4.69, 9.17) is 10.8 Å². The van der Waals surface area contributed by atoms with Gasteiger partial charge < -0.3 is 20.8 Å². The molecule has 1 aliphatic carbocycles. The zero-order chi connectivity index (χ0) is 13.3. The molecule has 1 heterocycles. The van der Waals surface area contributed by atoms with Crippen LogP contribution in [0.1, 0.15) is 32.1 Å². The normalized spacial score (nSPS) is 36.7. The van der Waals surface area contributed by atoms with Crippen LogP contribution >= 0.6 is 0 Å². The van der Waals surface area contributed by atoms with Gasteiger partial charge in [0.05, 0.1) is 6.10 Å². The molecule has 0 radical (unpaired) electrons. The summed E-state index contributed by atoms with van der Waals surface area (Å²) in [4.78, 5) is 24.7. The van der Waals surface area contributed by atoms with E-state index < -0.39 is 18.1 Å². The fourth-order valence-corrected chi connectivity index (χ4v) is 2.98. The predicted molar refractivity (Wildman–Crippen MR) is 63.7 cm³/mol. The van der Waals surface area contributed by atoms with Gasteiger partial charge in [-0.3, -0.25) is 4.79 Å². The van der Waals surface area contributed by atoms with Crippen LogP contribution < -0.4 is 5.73 Å². The molecule has 1 amide bonds. The lowest BCUT2D eigenvalue weighted by molar-refractivity contribution is -0.150. The monoisotopic (exact) mass is 256 g/mol. The van der Waals surface area contributed by atoms with Crippen LogP contribution in [-0.4, -0.2) is 51.7 Å². The lowest BCUT2D eigenvalue weighted by Crippen LogP contribution is -2.45. The summed E-state index contributed by atoms with van der Waals surface area (Å²) in [5.74, 6) is -1.38. The number of carbonyl (C=O) groups is 2. The van der Waals surface area contributed by atoms with Gasteiger partial charge in [0.2, 0.25) is 5.91 Å². The topological polar surface area (TPSA) is 104 Å². The second kappa shape index (κ2) is 5.24. The summed E-state index contributed by atoms with van der Waals surface area (Å²) in [5, 5.41) is 18.6. The minimum absolute atomic E-state index is 0.0310. The number of aliphatic hydroxyl groups is 1. The number of amides is 1. The third-order valence-corrected chi connectivity index (χ3v) is 3.91. The van der Waals surface area contributed by atoms with Crippen molar-refractivity contribution in [1.29, 1.82) is 0 Å². The van der Waals surface area contributed by atoms with Gasteiger partial charge in [0.25, 0.3) is 0 Å². The van der Waals surface area contributed by atoms with Crippen LogP contribution in [-0.2, 0) is 9.59 Å². The van der Waals surface area contributed by atoms with Crippen molar-refractivity contribution in [3.05, 3.63) is 0 Å². The van der Waals surface area contributed by atoms with Crippen LogP contribution in [0.2, 0.25) is 0 Å². The van der Waals surface area contributed by atoms with Crippen LogP contribution in [0.3, 0.4) is 0 Å². The number of hydrogen-bond donors (Lipinski definition) is 3. The molecule has 1 saturated carbocycles. The van der Waals surface area contributed by atoms with E-state index in [9.17, 15) is 14.7 Å². The predicted octanol–water partition coefficient (Wildman–Crippen LogP) is -0.450. The van der Waals surface area contributed by atoms with Gasteiger partial charge in [0.1, 0.15) is 6.04 Å². The van der Waals surface area contributed by atoms with Crippen molar-refractivity contribution in [2.45, 2.75) is 50.3 Å². The molecule has 0 aromatic heterocycles. The number of hydrogen-bond acceptors (Lipinski definition) is 4. The summed E-state index contributed by atoms with van der Waals surface area (Å²) < 4.78 is 0. The lowest BCUT2D eigenvalue weighted by Gasteiger charge is -2.31. The highest BCUT2D eigenvalue weighted by atomic mass is 16.4. The minimum Gasteiger partial charge on any atom is -0.480 e. The van der Waals surface area contributed by atoms with Crippen molar-refractivity contribution in [3.63, 3.8) is 0 Å². The molecule has 2 unspecified atom stereocenters. The number of carbonyl (C=O) groups excluding carboxylic acids is 1. The van der Waals surface area contributed by atoms with E-state index in [1.807, 2.05) is 0 Å². The number of carboxylic acids is 1.